The highest BCUT2D eigenvalue weighted by Gasteiger charge is 2.41. The minimum atomic E-state index is -0.565. The van der Waals surface area contributed by atoms with Crippen molar-refractivity contribution in [3.05, 3.63) is 82.3 Å². The molecule has 2 aliphatic heterocycles. The van der Waals surface area contributed by atoms with Crippen molar-refractivity contribution < 1.29 is 14.3 Å². The van der Waals surface area contributed by atoms with E-state index < -0.39 is 22.8 Å². The smallest absolute Gasteiger partial charge is 0.410 e. The van der Waals surface area contributed by atoms with Crippen LogP contribution >= 0.6 is 11.8 Å². The van der Waals surface area contributed by atoms with Crippen molar-refractivity contribution in [1.82, 2.24) is 10.2 Å². The Hall–Kier alpha value is -3.24. The number of hydrogen-bond donors (Lipinski definition) is 1. The Bertz CT molecular complexity index is 1080. The second-order valence-electron chi connectivity index (χ2n) is 9.51. The van der Waals surface area contributed by atoms with Crippen LogP contribution in [0.15, 0.2) is 71.1 Å². The average molecular weight is 476 g/mol. The van der Waals surface area contributed by atoms with E-state index >= 15 is 0 Å². The maximum absolute atomic E-state index is 13.6. The number of thioether (sulfide) groups is 1. The molecule has 6 nitrogen and oxygen atoms in total. The quantitative estimate of drug-likeness (QED) is 0.670. The van der Waals surface area contributed by atoms with Crippen LogP contribution < -0.4 is 5.32 Å². The summed E-state index contributed by atoms with van der Waals surface area (Å²) in [6.07, 6.45) is 0.251. The number of nitrogens with zero attached hydrogens (tertiary/aromatic N) is 2. The number of amides is 2. The summed E-state index contributed by atoms with van der Waals surface area (Å²) in [6, 6.07) is 21.7. The fraction of sp³-hybridized carbons (Fsp3) is 0.370. The van der Waals surface area contributed by atoms with E-state index in [1.54, 1.807) is 4.90 Å². The molecular formula is C27H29N3O3S. The molecule has 2 heterocycles. The average Bonchev–Trinajstić information content (AvgIpc) is 3.15. The lowest BCUT2D eigenvalue weighted by molar-refractivity contribution is -0.122. The number of benzene rings is 2. The normalized spacial score (nSPS) is 20.0. The van der Waals surface area contributed by atoms with Crippen molar-refractivity contribution in [2.75, 3.05) is 13.1 Å². The summed E-state index contributed by atoms with van der Waals surface area (Å²) in [5.41, 5.74) is 2.26. The first-order chi connectivity index (χ1) is 16.3. The summed E-state index contributed by atoms with van der Waals surface area (Å²) >= 11 is 1.48. The summed E-state index contributed by atoms with van der Waals surface area (Å²) in [5.74, 6) is -1.03. The van der Waals surface area contributed by atoms with Gasteiger partial charge in [0.15, 0.2) is 0 Å². The zero-order valence-electron chi connectivity index (χ0n) is 19.7. The topological polar surface area (TPSA) is 82.4 Å². The maximum atomic E-state index is 13.6. The van der Waals surface area contributed by atoms with Gasteiger partial charge in [-0.1, -0.05) is 60.7 Å². The molecule has 2 unspecified atom stereocenters. The van der Waals surface area contributed by atoms with Gasteiger partial charge in [0.2, 0.25) is 5.91 Å². The Labute approximate surface area is 205 Å². The summed E-state index contributed by atoms with van der Waals surface area (Å²) in [7, 11) is 0. The van der Waals surface area contributed by atoms with Crippen molar-refractivity contribution in [3.8, 4) is 6.07 Å². The minimum Gasteiger partial charge on any atom is -0.444 e. The summed E-state index contributed by atoms with van der Waals surface area (Å²) in [5, 5.41) is 12.7. The van der Waals surface area contributed by atoms with Crippen molar-refractivity contribution >= 4 is 23.8 Å². The van der Waals surface area contributed by atoms with E-state index in [1.807, 2.05) is 81.4 Å². The van der Waals surface area contributed by atoms with Crippen LogP contribution in [-0.2, 0) is 9.53 Å². The first kappa shape index (κ1) is 23.9. The number of carbonyl (C=O) groups excluding carboxylic acids is 2. The highest BCUT2D eigenvalue weighted by Crippen LogP contribution is 2.45. The second kappa shape index (κ2) is 9.94. The predicted molar refractivity (Wildman–Crippen MR) is 133 cm³/mol. The molecule has 176 valence electrons. The molecule has 0 bridgehead atoms. The van der Waals surface area contributed by atoms with Gasteiger partial charge in [-0.25, -0.2) is 4.79 Å². The number of carbonyl (C=O) groups is 2. The maximum Gasteiger partial charge on any atom is 0.410 e. The molecule has 0 saturated carbocycles. The standard InChI is InChI=1S/C27H29N3O3S/c1-27(2,3)33-26(32)30-15-14-20-21(16-28)25(34-22(20)17-30)29-24(31)23(18-10-6-4-7-11-18)19-12-8-5-9-13-19/h4-13,21,23,25H,14-15,17H2,1-3H3,(H,29,31). The van der Waals surface area contributed by atoms with Gasteiger partial charge in [0.25, 0.3) is 0 Å². The molecule has 2 aromatic rings. The lowest BCUT2D eigenvalue weighted by Crippen LogP contribution is -2.40. The third-order valence-corrected chi connectivity index (χ3v) is 7.21. The molecule has 2 amide bonds. The van der Waals surface area contributed by atoms with Gasteiger partial charge in [-0.15, -0.1) is 11.8 Å². The highest BCUT2D eigenvalue weighted by atomic mass is 32.2. The van der Waals surface area contributed by atoms with Crippen LogP contribution in [0.2, 0.25) is 0 Å². The third-order valence-electron chi connectivity index (χ3n) is 5.89. The summed E-state index contributed by atoms with van der Waals surface area (Å²) in [4.78, 5) is 28.8. The van der Waals surface area contributed by atoms with Crippen molar-refractivity contribution in [2.45, 2.75) is 44.1 Å². The molecule has 0 spiro atoms. The predicted octanol–water partition coefficient (Wildman–Crippen LogP) is 5.04. The van der Waals surface area contributed by atoms with Gasteiger partial charge in [-0.3, -0.25) is 4.79 Å². The molecule has 0 aliphatic carbocycles. The monoisotopic (exact) mass is 475 g/mol. The first-order valence-corrected chi connectivity index (χ1v) is 12.3. The molecule has 7 heteroatoms. The molecule has 0 aromatic heterocycles. The third kappa shape index (κ3) is 5.28. The van der Waals surface area contributed by atoms with Crippen LogP contribution in [-0.4, -0.2) is 41.0 Å². The van der Waals surface area contributed by atoms with E-state index in [0.717, 1.165) is 21.6 Å². The van der Waals surface area contributed by atoms with Crippen LogP contribution in [0.25, 0.3) is 0 Å². The van der Waals surface area contributed by atoms with Crippen molar-refractivity contribution in [3.63, 3.8) is 0 Å². The molecule has 4 rings (SSSR count). The van der Waals surface area contributed by atoms with Crippen LogP contribution in [0.4, 0.5) is 4.79 Å². The van der Waals surface area contributed by atoms with E-state index in [-0.39, 0.29) is 12.0 Å². The Balaban J connectivity index is 1.51. The molecule has 34 heavy (non-hydrogen) atoms. The molecule has 2 aromatic carbocycles. The van der Waals surface area contributed by atoms with Crippen LogP contribution in [0.5, 0.6) is 0 Å². The molecule has 0 saturated heterocycles. The van der Waals surface area contributed by atoms with Gasteiger partial charge in [0.05, 0.1) is 29.8 Å². The van der Waals surface area contributed by atoms with E-state index in [0.29, 0.717) is 19.5 Å². The zero-order valence-corrected chi connectivity index (χ0v) is 20.5. The fourth-order valence-corrected chi connectivity index (χ4v) is 5.80. The van der Waals surface area contributed by atoms with Gasteiger partial charge in [-0.05, 0) is 43.9 Å². The Morgan fingerprint density at radius 1 is 1.09 bits per heavy atom. The first-order valence-electron chi connectivity index (χ1n) is 11.4. The van der Waals surface area contributed by atoms with Gasteiger partial charge in [0, 0.05) is 11.4 Å². The number of nitrogens with one attached hydrogen (secondary N) is 1. The summed E-state index contributed by atoms with van der Waals surface area (Å²) < 4.78 is 5.52. The Kier molecular flexibility index (Phi) is 6.99. The van der Waals surface area contributed by atoms with Crippen LogP contribution in [0.1, 0.15) is 44.2 Å². The molecule has 2 aliphatic rings. The number of rotatable bonds is 4. The molecule has 0 fully saturated rings. The lowest BCUT2D eigenvalue weighted by Gasteiger charge is -2.30. The number of nitriles is 1. The van der Waals surface area contributed by atoms with E-state index in [2.05, 4.69) is 11.4 Å². The molecule has 0 radical (unpaired) electrons. The number of hydrogen-bond acceptors (Lipinski definition) is 5. The lowest BCUT2D eigenvalue weighted by atomic mass is 9.90. The van der Waals surface area contributed by atoms with E-state index in [1.165, 1.54) is 11.8 Å². The van der Waals surface area contributed by atoms with Crippen molar-refractivity contribution in [1.29, 1.82) is 5.26 Å². The van der Waals surface area contributed by atoms with Gasteiger partial charge in [-0.2, -0.15) is 5.26 Å². The fourth-order valence-electron chi connectivity index (χ4n) is 4.35. The molecular weight excluding hydrogens is 446 g/mol. The van der Waals surface area contributed by atoms with Gasteiger partial charge >= 0.3 is 6.09 Å². The largest absolute Gasteiger partial charge is 0.444 e. The second-order valence-corrected chi connectivity index (χ2v) is 10.7. The van der Waals surface area contributed by atoms with Crippen LogP contribution in [0, 0.1) is 17.2 Å². The molecule has 1 N–H and O–H groups in total. The van der Waals surface area contributed by atoms with Gasteiger partial charge in [0.1, 0.15) is 5.60 Å². The Morgan fingerprint density at radius 3 is 2.21 bits per heavy atom. The summed E-state index contributed by atoms with van der Waals surface area (Å²) in [6.45, 7) is 6.44. The van der Waals surface area contributed by atoms with Crippen LogP contribution in [0.3, 0.4) is 0 Å². The minimum absolute atomic E-state index is 0.140. The SMILES string of the molecule is CC(C)(C)OC(=O)N1CCC2=C(C1)SC(NC(=O)C(c1ccccc1)c1ccccc1)C2C#N. The van der Waals surface area contributed by atoms with Crippen molar-refractivity contribution in [2.24, 2.45) is 5.92 Å². The van der Waals surface area contributed by atoms with E-state index in [4.69, 9.17) is 4.74 Å². The molecule has 2 atom stereocenters. The zero-order chi connectivity index (χ0) is 24.3. The highest BCUT2D eigenvalue weighted by molar-refractivity contribution is 8.04. The van der Waals surface area contributed by atoms with E-state index in [9.17, 15) is 14.9 Å². The Morgan fingerprint density at radius 2 is 1.68 bits per heavy atom. The number of ether oxygens (including phenoxy) is 1. The van der Waals surface area contributed by atoms with Gasteiger partial charge < -0.3 is 15.0 Å².